The van der Waals surface area contributed by atoms with Crippen LogP contribution in [0.15, 0.2) is 36.4 Å². The molecular weight excluding hydrogens is 500 g/mol. The second-order valence-corrected chi connectivity index (χ2v) is 9.50. The van der Waals surface area contributed by atoms with E-state index in [0.29, 0.717) is 24.7 Å². The molecule has 11 nitrogen and oxygen atoms in total. The molecule has 0 spiro atoms. The SMILES string of the molecule is [2H]C([2H])(O)[C@H]1O[C@H](Oc2ccc(C3OCC4C(c5ccc(OC)c(OC)c5)OCC34)cc2OC)[C@H](O)[C@@H](O)[C@@H]1O. The van der Waals surface area contributed by atoms with Gasteiger partial charge in [0.1, 0.15) is 24.4 Å². The minimum Gasteiger partial charge on any atom is -0.493 e. The highest BCUT2D eigenvalue weighted by molar-refractivity contribution is 5.45. The van der Waals surface area contributed by atoms with E-state index in [2.05, 4.69) is 0 Å². The smallest absolute Gasteiger partial charge is 0.229 e. The topological polar surface area (TPSA) is 146 Å². The minimum atomic E-state index is -3.00. The summed E-state index contributed by atoms with van der Waals surface area (Å²) in [5.74, 6) is 1.85. The fraction of sp³-hybridized carbons (Fsp3) is 0.556. The van der Waals surface area contributed by atoms with Crippen LogP contribution in [0.3, 0.4) is 0 Å². The third-order valence-corrected chi connectivity index (χ3v) is 7.46. The maximum absolute atomic E-state index is 10.4. The molecule has 9 atom stereocenters. The van der Waals surface area contributed by atoms with Crippen LogP contribution in [-0.2, 0) is 14.2 Å². The van der Waals surface area contributed by atoms with E-state index in [-0.39, 0.29) is 35.5 Å². The highest BCUT2D eigenvalue weighted by Crippen LogP contribution is 2.51. The van der Waals surface area contributed by atoms with Crippen LogP contribution in [-0.4, -0.2) is 92.2 Å². The first-order valence-corrected chi connectivity index (χ1v) is 12.3. The van der Waals surface area contributed by atoms with Gasteiger partial charge in [-0.15, -0.1) is 0 Å². The van der Waals surface area contributed by atoms with Gasteiger partial charge in [-0.05, 0) is 35.4 Å². The minimum absolute atomic E-state index is 0.0715. The average Bonchev–Trinajstić information content (AvgIpc) is 3.55. The summed E-state index contributed by atoms with van der Waals surface area (Å²) < 4.78 is 54.7. The van der Waals surface area contributed by atoms with Crippen LogP contribution in [0, 0.1) is 11.8 Å². The third kappa shape index (κ3) is 4.79. The largest absolute Gasteiger partial charge is 0.493 e. The van der Waals surface area contributed by atoms with Crippen molar-refractivity contribution in [3.8, 4) is 23.0 Å². The number of aliphatic hydroxyl groups is 4. The first-order chi connectivity index (χ1) is 19.1. The Morgan fingerprint density at radius 2 is 1.29 bits per heavy atom. The predicted molar refractivity (Wildman–Crippen MR) is 131 cm³/mol. The number of hydrogen-bond acceptors (Lipinski definition) is 11. The Hall–Kier alpha value is -2.64. The van der Waals surface area contributed by atoms with E-state index in [0.717, 1.165) is 11.1 Å². The van der Waals surface area contributed by atoms with E-state index in [1.54, 1.807) is 32.4 Å². The second kappa shape index (κ2) is 11.2. The molecule has 3 aliphatic rings. The Morgan fingerprint density at radius 3 is 1.82 bits per heavy atom. The molecule has 38 heavy (non-hydrogen) atoms. The third-order valence-electron chi connectivity index (χ3n) is 7.46. The van der Waals surface area contributed by atoms with Gasteiger partial charge in [0.2, 0.25) is 6.29 Å². The van der Waals surface area contributed by atoms with Crippen molar-refractivity contribution in [2.24, 2.45) is 11.8 Å². The molecule has 4 unspecified atom stereocenters. The molecule has 3 fully saturated rings. The summed E-state index contributed by atoms with van der Waals surface area (Å²) in [6, 6.07) is 10.8. The molecule has 0 radical (unpaired) electrons. The van der Waals surface area contributed by atoms with Crippen LogP contribution in [0.5, 0.6) is 23.0 Å². The van der Waals surface area contributed by atoms with Crippen molar-refractivity contribution < 1.29 is 56.3 Å². The van der Waals surface area contributed by atoms with E-state index >= 15 is 0 Å². The molecule has 2 aromatic rings. The second-order valence-electron chi connectivity index (χ2n) is 9.50. The molecule has 208 valence electrons. The Labute approximate surface area is 223 Å². The van der Waals surface area contributed by atoms with E-state index in [1.807, 2.05) is 18.2 Å². The van der Waals surface area contributed by atoms with Crippen LogP contribution >= 0.6 is 0 Å². The number of rotatable bonds is 8. The van der Waals surface area contributed by atoms with E-state index in [9.17, 15) is 20.4 Å². The van der Waals surface area contributed by atoms with Crippen LogP contribution in [0.25, 0.3) is 0 Å². The summed E-state index contributed by atoms with van der Waals surface area (Å²) in [4.78, 5) is 0. The lowest BCUT2D eigenvalue weighted by molar-refractivity contribution is -0.277. The van der Waals surface area contributed by atoms with Gasteiger partial charge in [0.25, 0.3) is 0 Å². The predicted octanol–water partition coefficient (Wildman–Crippen LogP) is 0.966. The fourth-order valence-corrected chi connectivity index (χ4v) is 5.40. The first kappa shape index (κ1) is 24.4. The van der Waals surface area contributed by atoms with Crippen LogP contribution < -0.4 is 18.9 Å². The Morgan fingerprint density at radius 1 is 0.763 bits per heavy atom. The number of benzene rings is 2. The quantitative estimate of drug-likeness (QED) is 0.383. The molecule has 5 rings (SSSR count). The van der Waals surface area contributed by atoms with Gasteiger partial charge in [-0.25, -0.2) is 0 Å². The van der Waals surface area contributed by atoms with Gasteiger partial charge in [0.05, 0.1) is 56.1 Å². The van der Waals surface area contributed by atoms with Gasteiger partial charge in [0.15, 0.2) is 23.0 Å². The summed E-state index contributed by atoms with van der Waals surface area (Å²) in [6.07, 6.45) is -9.32. The van der Waals surface area contributed by atoms with Gasteiger partial charge < -0.3 is 53.6 Å². The number of methoxy groups -OCH3 is 3. The number of ether oxygens (including phenoxy) is 7. The lowest BCUT2D eigenvalue weighted by Crippen LogP contribution is -2.60. The number of fused-ring (bicyclic) bond motifs is 1. The molecule has 3 saturated heterocycles. The zero-order chi connectivity index (χ0) is 28.8. The molecule has 3 heterocycles. The van der Waals surface area contributed by atoms with Gasteiger partial charge in [-0.3, -0.25) is 0 Å². The highest BCUT2D eigenvalue weighted by Gasteiger charge is 2.49. The van der Waals surface area contributed by atoms with Crippen LogP contribution in [0.2, 0.25) is 0 Å². The Kier molecular flexibility index (Phi) is 7.21. The van der Waals surface area contributed by atoms with Crippen molar-refractivity contribution in [1.29, 1.82) is 0 Å². The van der Waals surface area contributed by atoms with Crippen molar-refractivity contribution in [3.05, 3.63) is 47.5 Å². The molecule has 3 aliphatic heterocycles. The van der Waals surface area contributed by atoms with E-state index < -0.39 is 37.3 Å². The maximum Gasteiger partial charge on any atom is 0.229 e. The van der Waals surface area contributed by atoms with E-state index in [4.69, 9.17) is 35.9 Å². The highest BCUT2D eigenvalue weighted by atomic mass is 16.7. The summed E-state index contributed by atoms with van der Waals surface area (Å²) in [7, 11) is 4.61. The zero-order valence-corrected chi connectivity index (χ0v) is 21.2. The summed E-state index contributed by atoms with van der Waals surface area (Å²) >= 11 is 0. The lowest BCUT2D eigenvalue weighted by atomic mass is 9.85. The van der Waals surface area contributed by atoms with Gasteiger partial charge in [-0.1, -0.05) is 12.1 Å². The van der Waals surface area contributed by atoms with Crippen molar-refractivity contribution in [2.45, 2.75) is 42.9 Å². The van der Waals surface area contributed by atoms with Crippen LogP contribution in [0.1, 0.15) is 26.1 Å². The van der Waals surface area contributed by atoms with Crippen molar-refractivity contribution in [2.75, 3.05) is 41.1 Å². The molecule has 4 N–H and O–H groups in total. The maximum atomic E-state index is 10.4. The van der Waals surface area contributed by atoms with Crippen molar-refractivity contribution in [1.82, 2.24) is 0 Å². The van der Waals surface area contributed by atoms with Crippen molar-refractivity contribution >= 4 is 0 Å². The molecule has 11 heteroatoms. The Balaban J connectivity index is 1.32. The molecule has 0 aliphatic carbocycles. The Bertz CT molecular complexity index is 1190. The summed E-state index contributed by atoms with van der Waals surface area (Å²) in [5.41, 5.74) is 1.79. The summed E-state index contributed by atoms with van der Waals surface area (Å²) in [5, 5.41) is 40.3. The molecule has 0 saturated carbocycles. The molecular formula is C27H34O11. The van der Waals surface area contributed by atoms with Gasteiger partial charge in [-0.2, -0.15) is 0 Å². The fourth-order valence-electron chi connectivity index (χ4n) is 5.40. The standard InChI is InChI=1S/C27H34O11/c1-32-17-6-4-13(8-19(17)33-2)25-15-11-36-26(16(15)12-35-25)14-5-7-18(20(9-14)34-3)37-27-24(31)23(30)22(29)21(10-28)38-27/h4-9,15-16,21-31H,10-12H2,1-3H3/t15?,16?,21-,22-,23+,24-,25?,26?,27+/m1/s1/i10D2. The van der Waals surface area contributed by atoms with E-state index in [1.165, 1.54) is 7.11 Å². The number of hydrogen-bond donors (Lipinski definition) is 4. The molecule has 2 aromatic carbocycles. The van der Waals surface area contributed by atoms with Crippen molar-refractivity contribution in [3.63, 3.8) is 0 Å². The van der Waals surface area contributed by atoms with Gasteiger partial charge >= 0.3 is 0 Å². The molecule has 0 aromatic heterocycles. The summed E-state index contributed by atoms with van der Waals surface area (Å²) in [6.45, 7) is -2.02. The first-order valence-electron chi connectivity index (χ1n) is 13.3. The zero-order valence-electron chi connectivity index (χ0n) is 23.2. The normalized spacial score (nSPS) is 35.7. The average molecular weight is 537 g/mol. The lowest BCUT2D eigenvalue weighted by Gasteiger charge is -2.39. The number of aliphatic hydroxyl groups excluding tert-OH is 3. The monoisotopic (exact) mass is 536 g/mol. The van der Waals surface area contributed by atoms with Gasteiger partial charge in [0, 0.05) is 11.8 Å². The van der Waals surface area contributed by atoms with Crippen LogP contribution in [0.4, 0.5) is 0 Å². The molecule has 0 amide bonds. The molecule has 0 bridgehead atoms.